The van der Waals surface area contributed by atoms with E-state index in [1.165, 1.54) is 0 Å². The lowest BCUT2D eigenvalue weighted by molar-refractivity contribution is 0.766. The highest BCUT2D eigenvalue weighted by atomic mass is 35.5. The Kier molecular flexibility index (Phi) is 5.47. The maximum atomic E-state index is 5.32. The summed E-state index contributed by atoms with van der Waals surface area (Å²) in [5.74, 6) is 0.716. The van der Waals surface area contributed by atoms with Gasteiger partial charge in [0.05, 0.1) is 0 Å². The summed E-state index contributed by atoms with van der Waals surface area (Å²) in [6.07, 6.45) is 0. The average molecular weight is 108 g/mol. The van der Waals surface area contributed by atoms with Gasteiger partial charge in [-0.25, -0.2) is 0 Å². The van der Waals surface area contributed by atoms with Crippen molar-refractivity contribution in [1.29, 1.82) is 0 Å². The summed E-state index contributed by atoms with van der Waals surface area (Å²) in [6, 6.07) is 0. The Balaban J connectivity index is 2.34. The van der Waals surface area contributed by atoms with E-state index < -0.39 is 0 Å². The van der Waals surface area contributed by atoms with E-state index in [-0.39, 0.29) is 0 Å². The zero-order valence-electron chi connectivity index (χ0n) is 4.00. The highest BCUT2D eigenvalue weighted by molar-refractivity contribution is 6.18. The first kappa shape index (κ1) is 6.25. The Morgan fingerprint density at radius 2 is 2.33 bits per heavy atom. The SMILES string of the molecule is CCNCCCl. The van der Waals surface area contributed by atoms with Gasteiger partial charge in [0, 0.05) is 12.4 Å². The molecule has 2 heteroatoms. The van der Waals surface area contributed by atoms with Crippen molar-refractivity contribution >= 4 is 11.6 Å². The van der Waals surface area contributed by atoms with Gasteiger partial charge in [0.25, 0.3) is 0 Å². The summed E-state index contributed by atoms with van der Waals surface area (Å²) in [4.78, 5) is 0. The summed E-state index contributed by atoms with van der Waals surface area (Å²) in [6.45, 7) is 4.01. The molecule has 0 spiro atoms. The molecule has 0 saturated carbocycles. The lowest BCUT2D eigenvalue weighted by Crippen LogP contribution is -2.14. The Labute approximate surface area is 43.7 Å². The largest absolute Gasteiger partial charge is 0.316 e. The molecule has 0 aliphatic heterocycles. The van der Waals surface area contributed by atoms with Crippen LogP contribution >= 0.6 is 11.6 Å². The highest BCUT2D eigenvalue weighted by Crippen LogP contribution is 1.66. The number of halogens is 1. The fourth-order valence-electron chi connectivity index (χ4n) is 0.244. The van der Waals surface area contributed by atoms with Gasteiger partial charge in [-0.2, -0.15) is 0 Å². The molecule has 0 saturated heterocycles. The van der Waals surface area contributed by atoms with Gasteiger partial charge in [-0.1, -0.05) is 6.92 Å². The van der Waals surface area contributed by atoms with E-state index in [1.807, 2.05) is 0 Å². The van der Waals surface area contributed by atoms with Crippen LogP contribution in [-0.4, -0.2) is 19.0 Å². The number of nitrogens with one attached hydrogen (secondary N) is 1. The van der Waals surface area contributed by atoms with Gasteiger partial charge in [-0.05, 0) is 6.54 Å². The van der Waals surface area contributed by atoms with Crippen LogP contribution in [0.3, 0.4) is 0 Å². The maximum Gasteiger partial charge on any atom is 0.0348 e. The molecule has 1 N–H and O–H groups in total. The van der Waals surface area contributed by atoms with Crippen molar-refractivity contribution in [2.24, 2.45) is 0 Å². The van der Waals surface area contributed by atoms with Crippen molar-refractivity contribution in [3.05, 3.63) is 0 Å². The summed E-state index contributed by atoms with van der Waals surface area (Å²) < 4.78 is 0. The molecule has 6 heavy (non-hydrogen) atoms. The van der Waals surface area contributed by atoms with Crippen LogP contribution in [0.1, 0.15) is 6.92 Å². The Hall–Kier alpha value is 0.250. The van der Waals surface area contributed by atoms with Crippen LogP contribution in [0.15, 0.2) is 0 Å². The van der Waals surface area contributed by atoms with Gasteiger partial charge < -0.3 is 5.32 Å². The second-order valence-corrected chi connectivity index (χ2v) is 1.42. The second kappa shape index (κ2) is 5.25. The van der Waals surface area contributed by atoms with Gasteiger partial charge in [-0.15, -0.1) is 11.6 Å². The topological polar surface area (TPSA) is 12.0 Å². The Bertz CT molecular complexity index is 19.5. The van der Waals surface area contributed by atoms with E-state index in [4.69, 9.17) is 11.6 Å². The number of alkyl halides is 1. The van der Waals surface area contributed by atoms with E-state index in [0.29, 0.717) is 5.88 Å². The van der Waals surface area contributed by atoms with Crippen LogP contribution in [0.25, 0.3) is 0 Å². The molecule has 0 aromatic rings. The third kappa shape index (κ3) is 4.25. The predicted octanol–water partition coefficient (Wildman–Crippen LogP) is 0.835. The molecule has 0 amide bonds. The summed E-state index contributed by atoms with van der Waals surface area (Å²) in [5.41, 5.74) is 0. The van der Waals surface area contributed by atoms with E-state index in [9.17, 15) is 0 Å². The van der Waals surface area contributed by atoms with E-state index >= 15 is 0 Å². The first-order chi connectivity index (χ1) is 2.91. The quantitative estimate of drug-likeness (QED) is 0.416. The number of rotatable bonds is 3. The van der Waals surface area contributed by atoms with Crippen molar-refractivity contribution in [1.82, 2.24) is 5.32 Å². The Morgan fingerprint density at radius 3 is 2.50 bits per heavy atom. The molecule has 0 aliphatic carbocycles. The van der Waals surface area contributed by atoms with Crippen molar-refractivity contribution in [3.63, 3.8) is 0 Å². The minimum Gasteiger partial charge on any atom is -0.316 e. The van der Waals surface area contributed by atoms with E-state index in [1.54, 1.807) is 0 Å². The van der Waals surface area contributed by atoms with E-state index in [2.05, 4.69) is 12.2 Å². The summed E-state index contributed by atoms with van der Waals surface area (Å²) in [7, 11) is 0. The molecule has 0 atom stereocenters. The van der Waals surface area contributed by atoms with Gasteiger partial charge >= 0.3 is 0 Å². The third-order valence-electron chi connectivity index (χ3n) is 0.521. The molecule has 0 fully saturated rings. The molecule has 0 radical (unpaired) electrons. The van der Waals surface area contributed by atoms with Crippen LogP contribution < -0.4 is 5.32 Å². The van der Waals surface area contributed by atoms with Crippen molar-refractivity contribution < 1.29 is 0 Å². The van der Waals surface area contributed by atoms with Crippen LogP contribution in [-0.2, 0) is 0 Å². The Morgan fingerprint density at radius 1 is 1.67 bits per heavy atom. The third-order valence-corrected chi connectivity index (χ3v) is 0.710. The lowest BCUT2D eigenvalue weighted by Gasteiger charge is -1.90. The minimum atomic E-state index is 0.716. The number of hydrogen-bond donors (Lipinski definition) is 1. The molecule has 0 aromatic carbocycles. The molecular weight excluding hydrogens is 97.5 g/mol. The molecule has 0 bridgehead atoms. The lowest BCUT2D eigenvalue weighted by atomic mass is 10.7. The normalized spacial score (nSPS) is 9.00. The molecule has 0 aliphatic rings. The minimum absolute atomic E-state index is 0.716. The molecule has 0 unspecified atom stereocenters. The van der Waals surface area contributed by atoms with Crippen LogP contribution in [0, 0.1) is 0 Å². The smallest absolute Gasteiger partial charge is 0.0348 e. The highest BCUT2D eigenvalue weighted by Gasteiger charge is 1.73. The van der Waals surface area contributed by atoms with Crippen LogP contribution in [0.5, 0.6) is 0 Å². The molecule has 38 valence electrons. The molecule has 1 nitrogen and oxygen atoms in total. The van der Waals surface area contributed by atoms with Crippen molar-refractivity contribution in [2.45, 2.75) is 6.92 Å². The zero-order chi connectivity index (χ0) is 4.83. The standard InChI is InChI=1S/C4H10ClN/c1-2-6-4-3-5/h6H,2-4H2,1H3. The molecule has 0 heterocycles. The van der Waals surface area contributed by atoms with Gasteiger partial charge in [-0.3, -0.25) is 0 Å². The molecular formula is C4H10ClN. The average Bonchev–Trinajstić information content (AvgIpc) is 1.61. The summed E-state index contributed by atoms with van der Waals surface area (Å²) in [5, 5.41) is 3.07. The van der Waals surface area contributed by atoms with Gasteiger partial charge in [0.1, 0.15) is 0 Å². The summed E-state index contributed by atoms with van der Waals surface area (Å²) >= 11 is 5.32. The number of hydrogen-bond acceptors (Lipinski definition) is 1. The van der Waals surface area contributed by atoms with Crippen LogP contribution in [0.4, 0.5) is 0 Å². The van der Waals surface area contributed by atoms with E-state index in [0.717, 1.165) is 13.1 Å². The molecule has 0 rings (SSSR count). The maximum absolute atomic E-state index is 5.32. The monoisotopic (exact) mass is 107 g/mol. The van der Waals surface area contributed by atoms with Gasteiger partial charge in [0.2, 0.25) is 0 Å². The fraction of sp³-hybridized carbons (Fsp3) is 1.00. The van der Waals surface area contributed by atoms with Crippen molar-refractivity contribution in [2.75, 3.05) is 19.0 Å². The van der Waals surface area contributed by atoms with Gasteiger partial charge in [0.15, 0.2) is 0 Å². The zero-order valence-corrected chi connectivity index (χ0v) is 4.76. The predicted molar refractivity (Wildman–Crippen MR) is 29.3 cm³/mol. The van der Waals surface area contributed by atoms with Crippen molar-refractivity contribution in [3.8, 4) is 0 Å². The van der Waals surface area contributed by atoms with Crippen LogP contribution in [0.2, 0.25) is 0 Å². The molecule has 0 aromatic heterocycles. The first-order valence-electron chi connectivity index (χ1n) is 2.18. The fourth-order valence-corrected chi connectivity index (χ4v) is 0.377. The second-order valence-electron chi connectivity index (χ2n) is 1.04. The first-order valence-corrected chi connectivity index (χ1v) is 2.72.